The first-order valence-electron chi connectivity index (χ1n) is 6.82. The van der Waals surface area contributed by atoms with E-state index in [-0.39, 0.29) is 5.91 Å². The van der Waals surface area contributed by atoms with Gasteiger partial charge in [0.25, 0.3) is 5.91 Å². The van der Waals surface area contributed by atoms with Crippen molar-refractivity contribution in [3.63, 3.8) is 0 Å². The third-order valence-corrected chi connectivity index (χ3v) is 2.88. The van der Waals surface area contributed by atoms with Crippen LogP contribution in [0.15, 0.2) is 48.5 Å². The van der Waals surface area contributed by atoms with E-state index in [0.717, 1.165) is 23.5 Å². The molecular formula is C17H19NO2. The number of rotatable bonds is 5. The molecule has 2 aromatic rings. The van der Waals surface area contributed by atoms with Gasteiger partial charge in [-0.25, -0.2) is 0 Å². The highest BCUT2D eigenvalue weighted by atomic mass is 16.5. The first-order chi connectivity index (χ1) is 9.69. The van der Waals surface area contributed by atoms with Crippen molar-refractivity contribution in [1.29, 1.82) is 0 Å². The summed E-state index contributed by atoms with van der Waals surface area (Å²) in [5.41, 5.74) is 1.80. The van der Waals surface area contributed by atoms with E-state index in [9.17, 15) is 4.79 Å². The average molecular weight is 269 g/mol. The smallest absolute Gasteiger partial charge is 0.251 e. The van der Waals surface area contributed by atoms with Gasteiger partial charge in [-0.2, -0.15) is 0 Å². The Balaban J connectivity index is 2.03. The molecule has 20 heavy (non-hydrogen) atoms. The van der Waals surface area contributed by atoms with Crippen molar-refractivity contribution in [3.05, 3.63) is 59.7 Å². The summed E-state index contributed by atoms with van der Waals surface area (Å²) in [5, 5.41) is 2.85. The number of nitrogens with one attached hydrogen (secondary N) is 1. The molecule has 2 rings (SSSR count). The summed E-state index contributed by atoms with van der Waals surface area (Å²) in [7, 11) is 0. The topological polar surface area (TPSA) is 38.3 Å². The second-order valence-electron chi connectivity index (χ2n) is 4.70. The highest BCUT2D eigenvalue weighted by molar-refractivity contribution is 5.94. The lowest BCUT2D eigenvalue weighted by molar-refractivity contribution is 0.0953. The molecule has 0 aliphatic rings. The number of aryl methyl sites for hydroxylation is 1. The van der Waals surface area contributed by atoms with Crippen LogP contribution in [0.1, 0.15) is 29.3 Å². The number of carbonyl (C=O) groups is 1. The fourth-order valence-electron chi connectivity index (χ4n) is 1.83. The molecule has 0 saturated carbocycles. The zero-order chi connectivity index (χ0) is 14.4. The first kappa shape index (κ1) is 14.1. The third-order valence-electron chi connectivity index (χ3n) is 2.88. The molecule has 0 fully saturated rings. The van der Waals surface area contributed by atoms with Gasteiger partial charge in [0.1, 0.15) is 11.5 Å². The number of carbonyl (C=O) groups excluding carboxylic acids is 1. The van der Waals surface area contributed by atoms with Gasteiger partial charge in [0.05, 0.1) is 0 Å². The van der Waals surface area contributed by atoms with E-state index in [2.05, 4.69) is 5.32 Å². The molecule has 1 N–H and O–H groups in total. The summed E-state index contributed by atoms with van der Waals surface area (Å²) in [4.78, 5) is 11.8. The third kappa shape index (κ3) is 3.85. The van der Waals surface area contributed by atoms with Gasteiger partial charge >= 0.3 is 0 Å². The van der Waals surface area contributed by atoms with Crippen LogP contribution in [0.25, 0.3) is 0 Å². The molecule has 0 radical (unpaired) electrons. The predicted octanol–water partition coefficient (Wildman–Crippen LogP) is 3.93. The maximum Gasteiger partial charge on any atom is 0.251 e. The van der Waals surface area contributed by atoms with Crippen molar-refractivity contribution < 1.29 is 9.53 Å². The molecule has 0 unspecified atom stereocenters. The van der Waals surface area contributed by atoms with E-state index in [1.54, 1.807) is 12.1 Å². The van der Waals surface area contributed by atoms with Crippen molar-refractivity contribution >= 4 is 5.91 Å². The Morgan fingerprint density at radius 3 is 2.50 bits per heavy atom. The highest BCUT2D eigenvalue weighted by Crippen LogP contribution is 2.22. The summed E-state index contributed by atoms with van der Waals surface area (Å²) >= 11 is 0. The predicted molar refractivity (Wildman–Crippen MR) is 80.3 cm³/mol. The quantitative estimate of drug-likeness (QED) is 0.893. The minimum absolute atomic E-state index is 0.0473. The van der Waals surface area contributed by atoms with Crippen LogP contribution >= 0.6 is 0 Å². The van der Waals surface area contributed by atoms with Crippen LogP contribution in [-0.2, 0) is 0 Å². The molecule has 0 bridgehead atoms. The van der Waals surface area contributed by atoms with Crippen LogP contribution in [-0.4, -0.2) is 12.5 Å². The van der Waals surface area contributed by atoms with Gasteiger partial charge in [-0.05, 0) is 55.3 Å². The van der Waals surface area contributed by atoms with E-state index in [1.807, 2.05) is 50.2 Å². The van der Waals surface area contributed by atoms with Crippen molar-refractivity contribution in [2.75, 3.05) is 6.54 Å². The lowest BCUT2D eigenvalue weighted by Gasteiger charge is -2.07. The summed E-state index contributed by atoms with van der Waals surface area (Å²) in [5.74, 6) is 1.48. The molecule has 0 aliphatic carbocycles. The Hall–Kier alpha value is -2.29. The zero-order valence-electron chi connectivity index (χ0n) is 11.8. The van der Waals surface area contributed by atoms with Crippen LogP contribution in [0.5, 0.6) is 11.5 Å². The van der Waals surface area contributed by atoms with E-state index in [1.165, 1.54) is 0 Å². The Kier molecular flexibility index (Phi) is 4.77. The number of ether oxygens (including phenoxy) is 1. The van der Waals surface area contributed by atoms with Crippen molar-refractivity contribution in [3.8, 4) is 11.5 Å². The van der Waals surface area contributed by atoms with Crippen molar-refractivity contribution in [2.24, 2.45) is 0 Å². The van der Waals surface area contributed by atoms with E-state index in [0.29, 0.717) is 12.1 Å². The van der Waals surface area contributed by atoms with Crippen LogP contribution in [0, 0.1) is 6.92 Å². The van der Waals surface area contributed by atoms with Gasteiger partial charge in [-0.15, -0.1) is 0 Å². The van der Waals surface area contributed by atoms with E-state index in [4.69, 9.17) is 4.74 Å². The molecule has 104 valence electrons. The van der Waals surface area contributed by atoms with Gasteiger partial charge in [-0.1, -0.05) is 19.1 Å². The molecule has 0 aliphatic heterocycles. The largest absolute Gasteiger partial charge is 0.457 e. The maximum absolute atomic E-state index is 11.8. The monoisotopic (exact) mass is 269 g/mol. The normalized spacial score (nSPS) is 10.1. The van der Waals surface area contributed by atoms with Crippen LogP contribution < -0.4 is 10.1 Å². The van der Waals surface area contributed by atoms with Crippen LogP contribution in [0.2, 0.25) is 0 Å². The molecule has 0 spiro atoms. The van der Waals surface area contributed by atoms with Crippen molar-refractivity contribution in [1.82, 2.24) is 5.32 Å². The lowest BCUT2D eigenvalue weighted by atomic mass is 10.2. The summed E-state index contributed by atoms with van der Waals surface area (Å²) in [6.07, 6.45) is 0.931. The van der Waals surface area contributed by atoms with E-state index < -0.39 is 0 Å². The van der Waals surface area contributed by atoms with Gasteiger partial charge in [0, 0.05) is 12.1 Å². The van der Waals surface area contributed by atoms with Crippen molar-refractivity contribution in [2.45, 2.75) is 20.3 Å². The minimum Gasteiger partial charge on any atom is -0.457 e. The molecule has 0 atom stereocenters. The Morgan fingerprint density at radius 1 is 1.10 bits per heavy atom. The van der Waals surface area contributed by atoms with Gasteiger partial charge in [-0.3, -0.25) is 4.79 Å². The molecule has 0 heterocycles. The second kappa shape index (κ2) is 6.75. The summed E-state index contributed by atoms with van der Waals surface area (Å²) < 4.78 is 5.74. The average Bonchev–Trinajstić information content (AvgIpc) is 2.45. The van der Waals surface area contributed by atoms with E-state index >= 15 is 0 Å². The van der Waals surface area contributed by atoms with Crippen LogP contribution in [0.4, 0.5) is 0 Å². The number of hydrogen-bond acceptors (Lipinski definition) is 2. The minimum atomic E-state index is -0.0473. The van der Waals surface area contributed by atoms with Gasteiger partial charge in [0.15, 0.2) is 0 Å². The van der Waals surface area contributed by atoms with Crippen LogP contribution in [0.3, 0.4) is 0 Å². The molecule has 3 heteroatoms. The fraction of sp³-hybridized carbons (Fsp3) is 0.235. The Bertz CT molecular complexity index is 576. The Labute approximate surface area is 119 Å². The number of hydrogen-bond donors (Lipinski definition) is 1. The number of benzene rings is 2. The van der Waals surface area contributed by atoms with Gasteiger partial charge < -0.3 is 10.1 Å². The second-order valence-corrected chi connectivity index (χ2v) is 4.70. The lowest BCUT2D eigenvalue weighted by Crippen LogP contribution is -2.23. The first-order valence-corrected chi connectivity index (χ1v) is 6.82. The zero-order valence-corrected chi connectivity index (χ0v) is 11.8. The molecule has 0 saturated heterocycles. The maximum atomic E-state index is 11.8. The fourth-order valence-corrected chi connectivity index (χ4v) is 1.83. The molecule has 1 amide bonds. The summed E-state index contributed by atoms with van der Waals surface area (Å²) in [6, 6.07) is 15.0. The molecule has 3 nitrogen and oxygen atoms in total. The molecular weight excluding hydrogens is 250 g/mol. The highest BCUT2D eigenvalue weighted by Gasteiger charge is 2.04. The number of amides is 1. The SMILES string of the molecule is CCCNC(=O)c1ccc(Oc2cccc(C)c2)cc1. The molecule has 2 aromatic carbocycles. The Morgan fingerprint density at radius 2 is 1.85 bits per heavy atom. The standard InChI is InChI=1S/C17H19NO2/c1-3-11-18-17(19)14-7-9-15(10-8-14)20-16-6-4-5-13(2)12-16/h4-10,12H,3,11H2,1-2H3,(H,18,19). The van der Waals surface area contributed by atoms with Gasteiger partial charge in [0.2, 0.25) is 0 Å². The molecule has 0 aromatic heterocycles. The summed E-state index contributed by atoms with van der Waals surface area (Å²) in [6.45, 7) is 4.74.